The molecule has 0 aliphatic rings. The number of aromatic nitrogens is 5. The fraction of sp³-hybridized carbons (Fsp3) is 0. The zero-order valence-electron chi connectivity index (χ0n) is 29.0. The predicted molar refractivity (Wildman–Crippen MR) is 226 cm³/mol. The van der Waals surface area contributed by atoms with Gasteiger partial charge in [0.1, 0.15) is 10.5 Å². The molecule has 0 saturated carbocycles. The average molecular weight is 742 g/mol. The molecule has 258 valence electrons. The standard InChI is InChI=1S/C47H27N5OS2/c1-3-12-28(13-4-1)43-50-44(29-14-5-2-6-15-29)52-45(51-43)31-24-25-37-39(27-31)53-46(48-37)32-17-9-16-30(26-32)33-18-10-19-34-35-20-11-21-36(42(35)55-41(33)34)47-49-38-22-7-8-23-40(38)54-47/h1-27H. The van der Waals surface area contributed by atoms with E-state index in [1.165, 1.54) is 36.0 Å². The van der Waals surface area contributed by atoms with Crippen LogP contribution in [0.2, 0.25) is 0 Å². The minimum absolute atomic E-state index is 0.557. The topological polar surface area (TPSA) is 77.6 Å². The van der Waals surface area contributed by atoms with Gasteiger partial charge in [0.25, 0.3) is 0 Å². The molecule has 0 atom stereocenters. The minimum atomic E-state index is 0.557. The normalized spacial score (nSPS) is 11.6. The number of hydrogen-bond acceptors (Lipinski definition) is 8. The van der Waals surface area contributed by atoms with Gasteiger partial charge in [-0.15, -0.1) is 22.7 Å². The maximum absolute atomic E-state index is 6.48. The van der Waals surface area contributed by atoms with E-state index in [0.717, 1.165) is 43.9 Å². The summed E-state index contributed by atoms with van der Waals surface area (Å²) >= 11 is 3.57. The van der Waals surface area contributed by atoms with Gasteiger partial charge in [0.2, 0.25) is 5.89 Å². The fourth-order valence-electron chi connectivity index (χ4n) is 7.15. The molecule has 0 aliphatic heterocycles. The van der Waals surface area contributed by atoms with Crippen LogP contribution < -0.4 is 0 Å². The number of oxazole rings is 1. The first kappa shape index (κ1) is 31.6. The first-order valence-electron chi connectivity index (χ1n) is 17.9. The summed E-state index contributed by atoms with van der Waals surface area (Å²) < 4.78 is 10.2. The Morgan fingerprint density at radius 2 is 0.982 bits per heavy atom. The van der Waals surface area contributed by atoms with Gasteiger partial charge in [-0.2, -0.15) is 0 Å². The molecule has 11 aromatic rings. The second kappa shape index (κ2) is 12.9. The lowest BCUT2D eigenvalue weighted by molar-refractivity contribution is 0.620. The fourth-order valence-corrected chi connectivity index (χ4v) is 9.56. The zero-order chi connectivity index (χ0) is 36.3. The molecule has 0 aliphatic carbocycles. The highest BCUT2D eigenvalue weighted by Gasteiger charge is 2.18. The largest absolute Gasteiger partial charge is 0.436 e. The number of thiazole rings is 1. The van der Waals surface area contributed by atoms with E-state index in [-0.39, 0.29) is 0 Å². The van der Waals surface area contributed by atoms with Crippen molar-refractivity contribution in [2.45, 2.75) is 0 Å². The monoisotopic (exact) mass is 741 g/mol. The SMILES string of the molecule is c1ccc(-c2nc(-c3ccccc3)nc(-c3ccc4nc(-c5cccc(-c6cccc7c6sc6c(-c8nc9ccccc9s8)cccc67)c5)oc4c3)n2)cc1. The number of rotatable bonds is 6. The molecular weight excluding hydrogens is 715 g/mol. The summed E-state index contributed by atoms with van der Waals surface area (Å²) in [5.41, 5.74) is 9.48. The molecule has 0 fully saturated rings. The third-order valence-electron chi connectivity index (χ3n) is 9.82. The van der Waals surface area contributed by atoms with Crippen LogP contribution >= 0.6 is 22.7 Å². The van der Waals surface area contributed by atoms with Crippen molar-refractivity contribution < 1.29 is 4.42 Å². The van der Waals surface area contributed by atoms with E-state index in [0.29, 0.717) is 28.9 Å². The molecule has 55 heavy (non-hydrogen) atoms. The summed E-state index contributed by atoms with van der Waals surface area (Å²) in [6.07, 6.45) is 0. The van der Waals surface area contributed by atoms with Crippen molar-refractivity contribution in [1.29, 1.82) is 0 Å². The van der Waals surface area contributed by atoms with Gasteiger partial charge < -0.3 is 4.42 Å². The van der Waals surface area contributed by atoms with Gasteiger partial charge in [-0.05, 0) is 53.6 Å². The van der Waals surface area contributed by atoms with Crippen molar-refractivity contribution >= 4 is 64.2 Å². The van der Waals surface area contributed by atoms with Crippen LogP contribution in [0, 0.1) is 0 Å². The molecule has 0 spiro atoms. The van der Waals surface area contributed by atoms with Crippen molar-refractivity contribution in [1.82, 2.24) is 24.9 Å². The van der Waals surface area contributed by atoms with Crippen molar-refractivity contribution in [2.24, 2.45) is 0 Å². The Morgan fingerprint density at radius 3 is 1.71 bits per heavy atom. The molecule has 0 saturated heterocycles. The first-order chi connectivity index (χ1) is 27.2. The third-order valence-corrected chi connectivity index (χ3v) is 12.2. The quantitative estimate of drug-likeness (QED) is 0.169. The van der Waals surface area contributed by atoms with Gasteiger partial charge in [-0.1, -0.05) is 121 Å². The number of benzene rings is 7. The number of fused-ring (bicyclic) bond motifs is 5. The van der Waals surface area contributed by atoms with E-state index < -0.39 is 0 Å². The van der Waals surface area contributed by atoms with E-state index in [1.807, 2.05) is 96.3 Å². The predicted octanol–water partition coefficient (Wildman–Crippen LogP) is 13.0. The Labute approximate surface area is 323 Å². The van der Waals surface area contributed by atoms with E-state index in [9.17, 15) is 0 Å². The van der Waals surface area contributed by atoms with E-state index in [4.69, 9.17) is 29.3 Å². The second-order valence-corrected chi connectivity index (χ2v) is 15.3. The Bertz CT molecular complexity index is 3130. The zero-order valence-corrected chi connectivity index (χ0v) is 30.7. The average Bonchev–Trinajstić information content (AvgIpc) is 3.99. The molecular formula is C47H27N5OS2. The van der Waals surface area contributed by atoms with Crippen LogP contribution in [0.15, 0.2) is 168 Å². The minimum Gasteiger partial charge on any atom is -0.436 e. The molecule has 11 rings (SSSR count). The maximum Gasteiger partial charge on any atom is 0.227 e. The molecule has 8 heteroatoms. The van der Waals surface area contributed by atoms with Gasteiger partial charge in [0.05, 0.1) is 10.2 Å². The molecule has 6 nitrogen and oxygen atoms in total. The highest BCUT2D eigenvalue weighted by molar-refractivity contribution is 7.27. The summed E-state index contributed by atoms with van der Waals surface area (Å²) in [7, 11) is 0. The van der Waals surface area contributed by atoms with Crippen molar-refractivity contribution in [2.75, 3.05) is 0 Å². The van der Waals surface area contributed by atoms with Crippen LogP contribution in [-0.2, 0) is 0 Å². The van der Waals surface area contributed by atoms with Crippen LogP contribution in [0.4, 0.5) is 0 Å². The summed E-state index contributed by atoms with van der Waals surface area (Å²) in [4.78, 5) is 24.6. The number of thiophene rings is 1. The van der Waals surface area contributed by atoms with Crippen LogP contribution in [0.5, 0.6) is 0 Å². The van der Waals surface area contributed by atoms with E-state index >= 15 is 0 Å². The van der Waals surface area contributed by atoms with Gasteiger partial charge in [-0.3, -0.25) is 0 Å². The Balaban J connectivity index is 0.975. The summed E-state index contributed by atoms with van der Waals surface area (Å²) in [6.45, 7) is 0. The van der Waals surface area contributed by atoms with Crippen LogP contribution in [0.3, 0.4) is 0 Å². The third kappa shape index (κ3) is 5.58. The molecule has 4 aromatic heterocycles. The molecule has 0 unspecified atom stereocenters. The lowest BCUT2D eigenvalue weighted by Gasteiger charge is -2.08. The molecule has 7 aromatic carbocycles. The second-order valence-electron chi connectivity index (χ2n) is 13.3. The van der Waals surface area contributed by atoms with Crippen LogP contribution in [0.25, 0.3) is 109 Å². The Hall–Kier alpha value is -6.87. The maximum atomic E-state index is 6.48. The highest BCUT2D eigenvalue weighted by Crippen LogP contribution is 2.45. The molecule has 0 radical (unpaired) electrons. The smallest absolute Gasteiger partial charge is 0.227 e. The lowest BCUT2D eigenvalue weighted by atomic mass is 10.0. The Kier molecular flexibility index (Phi) is 7.43. The molecule has 0 amide bonds. The van der Waals surface area contributed by atoms with Gasteiger partial charge in [-0.25, -0.2) is 24.9 Å². The number of para-hydroxylation sites is 1. The van der Waals surface area contributed by atoms with Crippen molar-refractivity contribution in [3.8, 4) is 67.3 Å². The first-order valence-corrected chi connectivity index (χ1v) is 19.5. The number of nitrogens with zero attached hydrogens (tertiary/aromatic N) is 5. The molecule has 0 bridgehead atoms. The summed E-state index contributed by atoms with van der Waals surface area (Å²) in [6, 6.07) is 55.8. The van der Waals surface area contributed by atoms with E-state index in [2.05, 4.69) is 78.9 Å². The summed E-state index contributed by atoms with van der Waals surface area (Å²) in [5, 5.41) is 3.53. The highest BCUT2D eigenvalue weighted by atomic mass is 32.1. The molecule has 4 heterocycles. The number of hydrogen-bond donors (Lipinski definition) is 0. The van der Waals surface area contributed by atoms with Crippen LogP contribution in [-0.4, -0.2) is 24.9 Å². The lowest BCUT2D eigenvalue weighted by Crippen LogP contribution is -2.00. The summed E-state index contributed by atoms with van der Waals surface area (Å²) in [5.74, 6) is 2.35. The van der Waals surface area contributed by atoms with E-state index in [1.54, 1.807) is 11.3 Å². The Morgan fingerprint density at radius 1 is 0.382 bits per heavy atom. The van der Waals surface area contributed by atoms with Gasteiger partial charge in [0, 0.05) is 48.0 Å². The van der Waals surface area contributed by atoms with Crippen molar-refractivity contribution in [3.63, 3.8) is 0 Å². The van der Waals surface area contributed by atoms with Gasteiger partial charge in [0.15, 0.2) is 23.1 Å². The van der Waals surface area contributed by atoms with Gasteiger partial charge >= 0.3 is 0 Å². The molecule has 0 N–H and O–H groups in total. The van der Waals surface area contributed by atoms with Crippen LogP contribution in [0.1, 0.15) is 0 Å². The van der Waals surface area contributed by atoms with Crippen molar-refractivity contribution in [3.05, 3.63) is 164 Å².